The molecule has 4 rings (SSSR count). The van der Waals surface area contributed by atoms with Gasteiger partial charge in [-0.1, -0.05) is 35.9 Å². The van der Waals surface area contributed by atoms with Crippen molar-refractivity contribution >= 4 is 29.1 Å². The number of aromatic nitrogens is 1. The van der Waals surface area contributed by atoms with Crippen LogP contribution in [-0.2, 0) is 29.6 Å². The van der Waals surface area contributed by atoms with Crippen LogP contribution in [0.25, 0.3) is 0 Å². The van der Waals surface area contributed by atoms with Crippen LogP contribution in [0.1, 0.15) is 22.9 Å². The number of ether oxygens (including phenoxy) is 1. The predicted octanol–water partition coefficient (Wildman–Crippen LogP) is 3.54. The van der Waals surface area contributed by atoms with Gasteiger partial charge in [-0.3, -0.25) is 14.5 Å². The summed E-state index contributed by atoms with van der Waals surface area (Å²) in [5, 5.41) is 5.83. The molecule has 0 spiro atoms. The summed E-state index contributed by atoms with van der Waals surface area (Å²) in [5.41, 5.74) is 4.07. The number of anilines is 1. The normalized spacial score (nSPS) is 14.3. The summed E-state index contributed by atoms with van der Waals surface area (Å²) in [6.45, 7) is 1.96. The van der Waals surface area contributed by atoms with Gasteiger partial charge in [0.2, 0.25) is 0 Å². The summed E-state index contributed by atoms with van der Waals surface area (Å²) in [4.78, 5) is 27.6. The fourth-order valence-electron chi connectivity index (χ4n) is 4.25. The molecular formula is C25H27ClN4O3. The number of hydrogen-bond acceptors (Lipinski definition) is 4. The SMILES string of the molecule is COc1ccc(Cl)cc1NC(=O)C(=O)NCC(c1cccn1C)N1CCc2ccccc2C1. The van der Waals surface area contributed by atoms with Crippen LogP contribution in [0.4, 0.5) is 5.69 Å². The maximum Gasteiger partial charge on any atom is 0.313 e. The zero-order valence-electron chi connectivity index (χ0n) is 18.7. The van der Waals surface area contributed by atoms with Crippen molar-refractivity contribution in [3.63, 3.8) is 0 Å². The molecule has 7 nitrogen and oxygen atoms in total. The van der Waals surface area contributed by atoms with E-state index in [1.54, 1.807) is 18.2 Å². The number of hydrogen-bond donors (Lipinski definition) is 2. The highest BCUT2D eigenvalue weighted by Gasteiger charge is 2.27. The van der Waals surface area contributed by atoms with Crippen molar-refractivity contribution in [2.24, 2.45) is 7.05 Å². The molecule has 1 unspecified atom stereocenters. The zero-order chi connectivity index (χ0) is 23.4. The molecule has 2 N–H and O–H groups in total. The Balaban J connectivity index is 1.46. The van der Waals surface area contributed by atoms with E-state index in [0.29, 0.717) is 23.0 Å². The van der Waals surface area contributed by atoms with Crippen LogP contribution in [0.3, 0.4) is 0 Å². The standard InChI is InChI=1S/C25H27ClN4O3/c1-29-12-5-8-21(29)22(30-13-11-17-6-3-4-7-18(17)16-30)15-27-24(31)25(32)28-20-14-19(26)9-10-23(20)33-2/h3-10,12,14,22H,11,13,15-16H2,1-2H3,(H,27,31)(H,28,32). The highest BCUT2D eigenvalue weighted by Crippen LogP contribution is 2.29. The number of nitrogens with one attached hydrogen (secondary N) is 2. The Morgan fingerprint density at radius 3 is 2.61 bits per heavy atom. The van der Waals surface area contributed by atoms with Gasteiger partial charge in [0, 0.05) is 43.6 Å². The number of rotatable bonds is 6. The van der Waals surface area contributed by atoms with Gasteiger partial charge < -0.3 is 19.9 Å². The van der Waals surface area contributed by atoms with E-state index >= 15 is 0 Å². The zero-order valence-corrected chi connectivity index (χ0v) is 19.4. The predicted molar refractivity (Wildman–Crippen MR) is 128 cm³/mol. The largest absolute Gasteiger partial charge is 0.495 e. The van der Waals surface area contributed by atoms with Crippen molar-refractivity contribution in [2.75, 3.05) is 25.5 Å². The van der Waals surface area contributed by atoms with Crippen LogP contribution < -0.4 is 15.4 Å². The van der Waals surface area contributed by atoms with Crippen molar-refractivity contribution in [3.05, 3.63) is 82.6 Å². The van der Waals surface area contributed by atoms with Crippen LogP contribution in [0.2, 0.25) is 5.02 Å². The first kappa shape index (κ1) is 22.9. The highest BCUT2D eigenvalue weighted by atomic mass is 35.5. The first-order valence-corrected chi connectivity index (χ1v) is 11.2. The minimum absolute atomic E-state index is 0.0733. The second kappa shape index (κ2) is 10.1. The van der Waals surface area contributed by atoms with E-state index in [9.17, 15) is 9.59 Å². The van der Waals surface area contributed by atoms with Crippen LogP contribution in [0, 0.1) is 0 Å². The molecule has 172 valence electrons. The summed E-state index contributed by atoms with van der Waals surface area (Å²) in [6.07, 6.45) is 2.93. The average Bonchev–Trinajstić information content (AvgIpc) is 3.24. The van der Waals surface area contributed by atoms with E-state index in [0.717, 1.165) is 25.2 Å². The number of fused-ring (bicyclic) bond motifs is 1. The van der Waals surface area contributed by atoms with E-state index < -0.39 is 11.8 Å². The number of nitrogens with zero attached hydrogens (tertiary/aromatic N) is 2. The van der Waals surface area contributed by atoms with E-state index in [-0.39, 0.29) is 6.04 Å². The van der Waals surface area contributed by atoms with Crippen molar-refractivity contribution in [1.82, 2.24) is 14.8 Å². The van der Waals surface area contributed by atoms with E-state index in [2.05, 4.69) is 39.8 Å². The van der Waals surface area contributed by atoms with Crippen LogP contribution in [-0.4, -0.2) is 41.5 Å². The molecule has 0 aliphatic carbocycles. The monoisotopic (exact) mass is 466 g/mol. The topological polar surface area (TPSA) is 75.6 Å². The smallest absolute Gasteiger partial charge is 0.313 e. The number of aryl methyl sites for hydroxylation is 1. The van der Waals surface area contributed by atoms with E-state index in [1.807, 2.05) is 29.9 Å². The van der Waals surface area contributed by atoms with Crippen LogP contribution >= 0.6 is 11.6 Å². The molecule has 0 radical (unpaired) electrons. The first-order valence-electron chi connectivity index (χ1n) is 10.8. The molecule has 8 heteroatoms. The molecule has 1 atom stereocenters. The average molecular weight is 467 g/mol. The number of carbonyl (C=O) groups excluding carboxylic acids is 2. The number of amides is 2. The van der Waals surface area contributed by atoms with Crippen LogP contribution in [0.15, 0.2) is 60.8 Å². The lowest BCUT2D eigenvalue weighted by Crippen LogP contribution is -2.44. The minimum Gasteiger partial charge on any atom is -0.495 e. The molecular weight excluding hydrogens is 440 g/mol. The fourth-order valence-corrected chi connectivity index (χ4v) is 4.42. The third-order valence-electron chi connectivity index (χ3n) is 6.00. The Morgan fingerprint density at radius 1 is 1.09 bits per heavy atom. The van der Waals surface area contributed by atoms with E-state index in [1.165, 1.54) is 18.2 Å². The van der Waals surface area contributed by atoms with Crippen molar-refractivity contribution in [3.8, 4) is 5.75 Å². The van der Waals surface area contributed by atoms with Gasteiger partial charge in [-0.15, -0.1) is 0 Å². The second-order valence-electron chi connectivity index (χ2n) is 8.06. The minimum atomic E-state index is -0.773. The third-order valence-corrected chi connectivity index (χ3v) is 6.23. The van der Waals surface area contributed by atoms with Gasteiger partial charge in [0.1, 0.15) is 5.75 Å². The van der Waals surface area contributed by atoms with Gasteiger partial charge in [0.15, 0.2) is 0 Å². The Bertz CT molecular complexity index is 1160. The number of benzene rings is 2. The Morgan fingerprint density at radius 2 is 1.88 bits per heavy atom. The van der Waals surface area contributed by atoms with Gasteiger partial charge in [-0.05, 0) is 47.9 Å². The fraction of sp³-hybridized carbons (Fsp3) is 0.280. The molecule has 0 bridgehead atoms. The Labute approximate surface area is 198 Å². The first-order chi connectivity index (χ1) is 16.0. The number of halogens is 1. The van der Waals surface area contributed by atoms with Gasteiger partial charge in [0.05, 0.1) is 18.8 Å². The maximum atomic E-state index is 12.6. The Hall–Kier alpha value is -3.29. The second-order valence-corrected chi connectivity index (χ2v) is 8.49. The molecule has 3 aromatic rings. The lowest BCUT2D eigenvalue weighted by Gasteiger charge is -2.36. The number of carbonyl (C=O) groups is 2. The van der Waals surface area contributed by atoms with Crippen molar-refractivity contribution < 1.29 is 14.3 Å². The van der Waals surface area contributed by atoms with Crippen molar-refractivity contribution in [2.45, 2.75) is 19.0 Å². The van der Waals surface area contributed by atoms with Gasteiger partial charge >= 0.3 is 11.8 Å². The molecule has 2 heterocycles. The molecule has 33 heavy (non-hydrogen) atoms. The molecule has 2 aromatic carbocycles. The quantitative estimate of drug-likeness (QED) is 0.545. The summed E-state index contributed by atoms with van der Waals surface area (Å²) in [6, 6.07) is 17.2. The third kappa shape index (κ3) is 5.21. The maximum absolute atomic E-state index is 12.6. The summed E-state index contributed by atoms with van der Waals surface area (Å²) >= 11 is 6.02. The van der Waals surface area contributed by atoms with E-state index in [4.69, 9.17) is 16.3 Å². The highest BCUT2D eigenvalue weighted by molar-refractivity contribution is 6.40. The lowest BCUT2D eigenvalue weighted by molar-refractivity contribution is -0.136. The molecule has 0 saturated carbocycles. The lowest BCUT2D eigenvalue weighted by atomic mass is 9.98. The molecule has 1 aliphatic rings. The Kier molecular flexibility index (Phi) is 7.01. The molecule has 1 aromatic heterocycles. The number of methoxy groups -OCH3 is 1. The molecule has 0 saturated heterocycles. The van der Waals surface area contributed by atoms with Gasteiger partial charge in [-0.25, -0.2) is 0 Å². The molecule has 0 fully saturated rings. The molecule has 2 amide bonds. The summed E-state index contributed by atoms with van der Waals surface area (Å²) < 4.78 is 7.28. The summed E-state index contributed by atoms with van der Waals surface area (Å²) in [5.74, 6) is -1.06. The van der Waals surface area contributed by atoms with Crippen molar-refractivity contribution in [1.29, 1.82) is 0 Å². The van der Waals surface area contributed by atoms with Gasteiger partial charge in [-0.2, -0.15) is 0 Å². The molecule has 1 aliphatic heterocycles. The van der Waals surface area contributed by atoms with Gasteiger partial charge in [0.25, 0.3) is 0 Å². The van der Waals surface area contributed by atoms with Crippen LogP contribution in [0.5, 0.6) is 5.75 Å². The summed E-state index contributed by atoms with van der Waals surface area (Å²) in [7, 11) is 3.47.